The normalized spacial score (nSPS) is 17.3. The molecule has 1 saturated heterocycles. The van der Waals surface area contributed by atoms with Crippen LogP contribution in [0.15, 0.2) is 30.5 Å². The predicted molar refractivity (Wildman–Crippen MR) is 115 cm³/mol. The fourth-order valence-electron chi connectivity index (χ4n) is 4.20. The quantitative estimate of drug-likeness (QED) is 0.846. The van der Waals surface area contributed by atoms with Crippen LogP contribution >= 0.6 is 0 Å². The summed E-state index contributed by atoms with van der Waals surface area (Å²) in [5, 5.41) is 3.42. The molecule has 0 spiro atoms. The molecular weight excluding hydrogens is 362 g/mol. The Labute approximate surface area is 173 Å². The second kappa shape index (κ2) is 8.91. The van der Waals surface area contributed by atoms with Gasteiger partial charge in [-0.15, -0.1) is 0 Å². The van der Waals surface area contributed by atoms with Gasteiger partial charge in [-0.2, -0.15) is 0 Å². The van der Waals surface area contributed by atoms with Gasteiger partial charge in [0, 0.05) is 57.1 Å². The molecule has 1 amide bonds. The molecule has 1 fully saturated rings. The van der Waals surface area contributed by atoms with Gasteiger partial charge in [0.05, 0.1) is 11.3 Å². The second-order valence-corrected chi connectivity index (χ2v) is 8.39. The molecule has 4 heterocycles. The van der Waals surface area contributed by atoms with Crippen molar-refractivity contribution in [2.45, 2.75) is 52.1 Å². The third-order valence-electron chi connectivity index (χ3n) is 5.71. The third-order valence-corrected chi connectivity index (χ3v) is 5.71. The first-order valence-corrected chi connectivity index (χ1v) is 10.8. The lowest BCUT2D eigenvalue weighted by atomic mass is 10.0. The number of aromatic nitrogens is 2. The van der Waals surface area contributed by atoms with Crippen LogP contribution in [0.3, 0.4) is 0 Å². The molecule has 0 unspecified atom stereocenters. The maximum absolute atomic E-state index is 13.2. The molecule has 29 heavy (non-hydrogen) atoms. The maximum atomic E-state index is 13.2. The van der Waals surface area contributed by atoms with Crippen LogP contribution in [-0.2, 0) is 19.4 Å². The van der Waals surface area contributed by atoms with Gasteiger partial charge in [-0.05, 0) is 56.9 Å². The monoisotopic (exact) mass is 393 g/mol. The van der Waals surface area contributed by atoms with E-state index in [0.29, 0.717) is 0 Å². The number of hydrogen-bond donors (Lipinski definition) is 1. The molecule has 2 aliphatic rings. The van der Waals surface area contributed by atoms with E-state index in [1.54, 1.807) is 0 Å². The van der Waals surface area contributed by atoms with Crippen molar-refractivity contribution >= 4 is 11.7 Å². The number of hydrogen-bond acceptors (Lipinski definition) is 5. The molecule has 0 saturated carbocycles. The van der Waals surface area contributed by atoms with Gasteiger partial charge in [0.15, 0.2) is 0 Å². The highest BCUT2D eigenvalue weighted by atomic mass is 16.2. The van der Waals surface area contributed by atoms with Crippen LogP contribution in [0.2, 0.25) is 0 Å². The molecule has 2 aromatic rings. The lowest BCUT2D eigenvalue weighted by Crippen LogP contribution is -2.29. The molecule has 2 aliphatic heterocycles. The Bertz CT molecular complexity index is 846. The fourth-order valence-corrected chi connectivity index (χ4v) is 4.20. The minimum atomic E-state index is 0.121. The Morgan fingerprint density at radius 2 is 1.93 bits per heavy atom. The zero-order valence-corrected chi connectivity index (χ0v) is 17.5. The highest BCUT2D eigenvalue weighted by molar-refractivity contribution is 5.99. The van der Waals surface area contributed by atoms with Crippen molar-refractivity contribution in [3.8, 4) is 0 Å². The van der Waals surface area contributed by atoms with Crippen molar-refractivity contribution in [2.24, 2.45) is 0 Å². The van der Waals surface area contributed by atoms with E-state index in [9.17, 15) is 4.79 Å². The summed E-state index contributed by atoms with van der Waals surface area (Å²) in [6.07, 6.45) is 5.85. The Hall–Kier alpha value is -2.47. The minimum absolute atomic E-state index is 0.121. The second-order valence-electron chi connectivity index (χ2n) is 8.39. The number of carbonyl (C=O) groups excluding carboxylic acids is 1. The smallest absolute Gasteiger partial charge is 0.257 e. The minimum Gasteiger partial charge on any atom is -0.367 e. The van der Waals surface area contributed by atoms with Crippen molar-refractivity contribution in [2.75, 3.05) is 31.5 Å². The van der Waals surface area contributed by atoms with Gasteiger partial charge in [0.2, 0.25) is 0 Å². The summed E-state index contributed by atoms with van der Waals surface area (Å²) in [6.45, 7) is 8.66. The molecule has 0 aliphatic carbocycles. The van der Waals surface area contributed by atoms with Crippen LogP contribution < -0.4 is 5.32 Å². The number of nitrogens with zero attached hydrogens (tertiary/aromatic N) is 4. The summed E-state index contributed by atoms with van der Waals surface area (Å²) >= 11 is 0. The number of nitrogens with one attached hydrogen (secondary N) is 1. The van der Waals surface area contributed by atoms with E-state index in [4.69, 9.17) is 4.98 Å². The van der Waals surface area contributed by atoms with E-state index in [-0.39, 0.29) is 11.9 Å². The van der Waals surface area contributed by atoms with E-state index in [0.717, 1.165) is 81.2 Å². The fraction of sp³-hybridized carbons (Fsp3) is 0.522. The molecule has 0 atom stereocenters. The van der Waals surface area contributed by atoms with Crippen molar-refractivity contribution < 1.29 is 4.79 Å². The molecule has 1 N–H and O–H groups in total. The van der Waals surface area contributed by atoms with Gasteiger partial charge in [-0.3, -0.25) is 14.7 Å². The molecule has 6 nitrogen and oxygen atoms in total. The lowest BCUT2D eigenvalue weighted by molar-refractivity contribution is 0.0793. The van der Waals surface area contributed by atoms with E-state index in [1.807, 2.05) is 23.2 Å². The summed E-state index contributed by atoms with van der Waals surface area (Å²) in [6, 6.07) is 8.41. The van der Waals surface area contributed by atoms with E-state index >= 15 is 0 Å². The zero-order chi connectivity index (χ0) is 20.2. The van der Waals surface area contributed by atoms with Gasteiger partial charge in [0.1, 0.15) is 5.82 Å². The molecule has 6 heteroatoms. The van der Waals surface area contributed by atoms with Crippen LogP contribution in [-0.4, -0.2) is 57.9 Å². The van der Waals surface area contributed by atoms with Crippen LogP contribution in [0, 0.1) is 0 Å². The number of amides is 1. The first-order chi connectivity index (χ1) is 14.1. The number of anilines is 1. The van der Waals surface area contributed by atoms with Crippen molar-refractivity contribution in [1.82, 2.24) is 19.8 Å². The van der Waals surface area contributed by atoms with Gasteiger partial charge in [-0.1, -0.05) is 6.07 Å². The van der Waals surface area contributed by atoms with Crippen molar-refractivity contribution in [3.63, 3.8) is 0 Å². The van der Waals surface area contributed by atoms with Gasteiger partial charge in [-0.25, -0.2) is 4.98 Å². The largest absolute Gasteiger partial charge is 0.367 e. The molecule has 2 aromatic heterocycles. The zero-order valence-electron chi connectivity index (χ0n) is 17.5. The molecule has 0 aromatic carbocycles. The highest BCUT2D eigenvalue weighted by Crippen LogP contribution is 2.25. The Balaban J connectivity index is 1.56. The Morgan fingerprint density at radius 1 is 1.14 bits per heavy atom. The van der Waals surface area contributed by atoms with Crippen LogP contribution in [0.4, 0.5) is 5.82 Å². The third kappa shape index (κ3) is 4.75. The lowest BCUT2D eigenvalue weighted by Gasteiger charge is -2.21. The Kier molecular flexibility index (Phi) is 6.09. The number of rotatable bonds is 5. The Morgan fingerprint density at radius 3 is 2.66 bits per heavy atom. The molecule has 154 valence electrons. The van der Waals surface area contributed by atoms with E-state index in [1.165, 1.54) is 5.56 Å². The maximum Gasteiger partial charge on any atom is 0.257 e. The molecule has 4 rings (SSSR count). The highest BCUT2D eigenvalue weighted by Gasteiger charge is 2.26. The van der Waals surface area contributed by atoms with Crippen molar-refractivity contribution in [3.05, 3.63) is 53.0 Å². The number of carbonyl (C=O) groups is 1. The number of pyridine rings is 2. The molecular formula is C23H31N5O. The summed E-state index contributed by atoms with van der Waals surface area (Å²) in [7, 11) is 0. The van der Waals surface area contributed by atoms with Crippen LogP contribution in [0.5, 0.6) is 0 Å². The van der Waals surface area contributed by atoms with Gasteiger partial charge in [0.25, 0.3) is 5.91 Å². The number of likely N-dealkylation sites (tertiary alicyclic amines) is 1. The van der Waals surface area contributed by atoms with Gasteiger partial charge >= 0.3 is 0 Å². The van der Waals surface area contributed by atoms with E-state index in [2.05, 4.69) is 41.2 Å². The average molecular weight is 394 g/mol. The van der Waals surface area contributed by atoms with E-state index < -0.39 is 0 Å². The van der Waals surface area contributed by atoms with Gasteiger partial charge < -0.3 is 10.2 Å². The van der Waals surface area contributed by atoms with Crippen LogP contribution in [0.25, 0.3) is 0 Å². The first kappa shape index (κ1) is 19.8. The topological polar surface area (TPSA) is 61.4 Å². The summed E-state index contributed by atoms with van der Waals surface area (Å²) < 4.78 is 0. The SMILES string of the molecule is CC(C)Nc1nc2c(cc1C(=O)N1CCCC1)CCN(Cc1ccccn1)CC2. The number of fused-ring (bicyclic) bond motifs is 1. The van der Waals surface area contributed by atoms with Crippen molar-refractivity contribution in [1.29, 1.82) is 0 Å². The summed E-state index contributed by atoms with van der Waals surface area (Å²) in [4.78, 5) is 27.0. The predicted octanol–water partition coefficient (Wildman–Crippen LogP) is 3.13. The molecule has 0 radical (unpaired) electrons. The first-order valence-electron chi connectivity index (χ1n) is 10.8. The standard InChI is InChI=1S/C23H31N5O/c1-17(2)25-22-20(23(29)28-11-5-6-12-28)15-18-8-13-27(14-9-21(18)26-22)16-19-7-3-4-10-24-19/h3-4,7,10,15,17H,5-6,8-9,11-14,16H2,1-2H3,(H,25,26). The summed E-state index contributed by atoms with van der Waals surface area (Å²) in [5.41, 5.74) is 4.16. The van der Waals surface area contributed by atoms with Crippen LogP contribution in [0.1, 0.15) is 54.0 Å². The molecule has 0 bridgehead atoms. The summed E-state index contributed by atoms with van der Waals surface area (Å²) in [5.74, 6) is 0.865. The average Bonchev–Trinajstić information content (AvgIpc) is 3.18.